The lowest BCUT2D eigenvalue weighted by Gasteiger charge is -2.38. The minimum atomic E-state index is -0.599. The molecule has 0 spiro atoms. The number of ether oxygens (including phenoxy) is 1. The van der Waals surface area contributed by atoms with E-state index in [4.69, 9.17) is 10.5 Å². The zero-order valence-corrected chi connectivity index (χ0v) is 19.3. The SMILES string of the molecule is CC1CN(c2ccc(C#N)c3ncccc23)CC(C(=O)NCCc2c(N)cccc2Br)O1. The number of amides is 1. The molecule has 2 unspecified atom stereocenters. The Bertz CT molecular complexity index is 1170. The minimum Gasteiger partial charge on any atom is -0.398 e. The molecule has 1 aliphatic heterocycles. The molecule has 0 bridgehead atoms. The van der Waals surface area contributed by atoms with E-state index in [-0.39, 0.29) is 12.0 Å². The van der Waals surface area contributed by atoms with Crippen LogP contribution in [0, 0.1) is 11.3 Å². The van der Waals surface area contributed by atoms with E-state index in [0.29, 0.717) is 42.8 Å². The summed E-state index contributed by atoms with van der Waals surface area (Å²) in [6, 6.07) is 15.4. The first-order valence-corrected chi connectivity index (χ1v) is 11.3. The van der Waals surface area contributed by atoms with Crippen molar-refractivity contribution in [3.05, 3.63) is 64.3 Å². The van der Waals surface area contributed by atoms with Crippen LogP contribution in [-0.2, 0) is 16.0 Å². The van der Waals surface area contributed by atoms with E-state index >= 15 is 0 Å². The van der Waals surface area contributed by atoms with Crippen LogP contribution in [0.15, 0.2) is 53.1 Å². The standard InChI is InChI=1S/C24H24BrN5O2/c1-15-13-30(21-8-7-16(12-26)23-18(21)4-3-10-28-23)14-22(32-15)24(31)29-11-9-17-19(25)5-2-6-20(17)27/h2-8,10,15,22H,9,11,13-14,27H2,1H3,(H,29,31). The highest BCUT2D eigenvalue weighted by atomic mass is 79.9. The average Bonchev–Trinajstić information content (AvgIpc) is 2.79. The van der Waals surface area contributed by atoms with E-state index in [9.17, 15) is 10.1 Å². The third-order valence-corrected chi connectivity index (χ3v) is 6.33. The fourth-order valence-corrected chi connectivity index (χ4v) is 4.66. The van der Waals surface area contributed by atoms with Gasteiger partial charge in [0.1, 0.15) is 6.07 Å². The Kier molecular flexibility index (Phi) is 6.58. The maximum absolute atomic E-state index is 12.9. The molecule has 1 aliphatic rings. The molecule has 3 aromatic rings. The van der Waals surface area contributed by atoms with Crippen LogP contribution in [0.5, 0.6) is 0 Å². The molecule has 32 heavy (non-hydrogen) atoms. The summed E-state index contributed by atoms with van der Waals surface area (Å²) < 4.78 is 6.88. The summed E-state index contributed by atoms with van der Waals surface area (Å²) in [5, 5.41) is 13.3. The molecule has 164 valence electrons. The number of aromatic nitrogens is 1. The highest BCUT2D eigenvalue weighted by Gasteiger charge is 2.31. The molecular weight excluding hydrogens is 470 g/mol. The van der Waals surface area contributed by atoms with Gasteiger partial charge >= 0.3 is 0 Å². The Labute approximate surface area is 195 Å². The largest absolute Gasteiger partial charge is 0.398 e. The summed E-state index contributed by atoms with van der Waals surface area (Å²) in [7, 11) is 0. The van der Waals surface area contributed by atoms with Gasteiger partial charge in [0.15, 0.2) is 6.10 Å². The molecule has 0 aliphatic carbocycles. The van der Waals surface area contributed by atoms with Crippen LogP contribution >= 0.6 is 15.9 Å². The van der Waals surface area contributed by atoms with Crippen molar-refractivity contribution in [2.75, 3.05) is 30.3 Å². The number of pyridine rings is 1. The lowest BCUT2D eigenvalue weighted by Crippen LogP contribution is -2.53. The Morgan fingerprint density at radius 2 is 2.16 bits per heavy atom. The van der Waals surface area contributed by atoms with E-state index in [2.05, 4.69) is 37.2 Å². The van der Waals surface area contributed by atoms with Crippen LogP contribution in [-0.4, -0.2) is 42.7 Å². The Hall–Kier alpha value is -3.15. The zero-order chi connectivity index (χ0) is 22.7. The van der Waals surface area contributed by atoms with Crippen LogP contribution in [0.3, 0.4) is 0 Å². The van der Waals surface area contributed by atoms with Crippen molar-refractivity contribution in [1.29, 1.82) is 5.26 Å². The lowest BCUT2D eigenvalue weighted by atomic mass is 10.1. The number of nitrogens with one attached hydrogen (secondary N) is 1. The molecule has 1 fully saturated rings. The second-order valence-corrected chi connectivity index (χ2v) is 8.69. The number of halogens is 1. The van der Waals surface area contributed by atoms with E-state index in [1.54, 1.807) is 12.3 Å². The first-order chi connectivity index (χ1) is 15.5. The van der Waals surface area contributed by atoms with Crippen molar-refractivity contribution in [2.45, 2.75) is 25.6 Å². The highest BCUT2D eigenvalue weighted by molar-refractivity contribution is 9.10. The highest BCUT2D eigenvalue weighted by Crippen LogP contribution is 2.30. The van der Waals surface area contributed by atoms with Gasteiger partial charge in [0.25, 0.3) is 5.91 Å². The minimum absolute atomic E-state index is 0.124. The van der Waals surface area contributed by atoms with Crippen LogP contribution in [0.2, 0.25) is 0 Å². The molecule has 7 nitrogen and oxygen atoms in total. The first-order valence-electron chi connectivity index (χ1n) is 10.5. The number of nitriles is 1. The molecule has 2 heterocycles. The summed E-state index contributed by atoms with van der Waals surface area (Å²) in [6.45, 7) is 3.48. The van der Waals surface area contributed by atoms with Gasteiger partial charge in [-0.05, 0) is 55.3 Å². The number of hydrogen-bond donors (Lipinski definition) is 2. The number of benzene rings is 2. The van der Waals surface area contributed by atoms with Gasteiger partial charge < -0.3 is 20.7 Å². The maximum Gasteiger partial charge on any atom is 0.251 e. The van der Waals surface area contributed by atoms with E-state index in [0.717, 1.165) is 21.1 Å². The van der Waals surface area contributed by atoms with Crippen LogP contribution in [0.25, 0.3) is 10.9 Å². The fourth-order valence-electron chi connectivity index (χ4n) is 4.08. The quantitative estimate of drug-likeness (QED) is 0.527. The second-order valence-electron chi connectivity index (χ2n) is 7.83. The predicted molar refractivity (Wildman–Crippen MR) is 128 cm³/mol. The Balaban J connectivity index is 1.47. The van der Waals surface area contributed by atoms with Gasteiger partial charge in [-0.25, -0.2) is 0 Å². The third-order valence-electron chi connectivity index (χ3n) is 5.59. The van der Waals surface area contributed by atoms with Gasteiger partial charge in [-0.2, -0.15) is 5.26 Å². The van der Waals surface area contributed by atoms with Crippen molar-refractivity contribution in [3.63, 3.8) is 0 Å². The van der Waals surface area contributed by atoms with Crippen LogP contribution < -0.4 is 16.0 Å². The van der Waals surface area contributed by atoms with Crippen LogP contribution in [0.1, 0.15) is 18.1 Å². The number of nitrogens with two attached hydrogens (primary N) is 1. The third kappa shape index (κ3) is 4.54. The van der Waals surface area contributed by atoms with Crippen molar-refractivity contribution in [2.24, 2.45) is 0 Å². The van der Waals surface area contributed by atoms with Crippen molar-refractivity contribution >= 4 is 44.1 Å². The molecule has 4 rings (SSSR count). The number of nitrogen functional groups attached to an aromatic ring is 1. The number of carbonyl (C=O) groups is 1. The monoisotopic (exact) mass is 493 g/mol. The van der Waals surface area contributed by atoms with E-state index in [1.807, 2.05) is 43.3 Å². The first kappa shape index (κ1) is 22.1. The number of hydrogen-bond acceptors (Lipinski definition) is 6. The molecule has 1 amide bonds. The molecule has 8 heteroatoms. The number of carbonyl (C=O) groups excluding carboxylic acids is 1. The van der Waals surface area contributed by atoms with E-state index in [1.165, 1.54) is 0 Å². The molecule has 3 N–H and O–H groups in total. The summed E-state index contributed by atoms with van der Waals surface area (Å²) in [4.78, 5) is 19.4. The van der Waals surface area contributed by atoms with Crippen molar-refractivity contribution < 1.29 is 9.53 Å². The van der Waals surface area contributed by atoms with E-state index < -0.39 is 6.10 Å². The summed E-state index contributed by atoms with van der Waals surface area (Å²) in [5.41, 5.74) is 9.87. The topological polar surface area (TPSA) is 104 Å². The fraction of sp³-hybridized carbons (Fsp3) is 0.292. The number of nitrogens with zero attached hydrogens (tertiary/aromatic N) is 3. The molecule has 0 radical (unpaired) electrons. The predicted octanol–water partition coefficient (Wildman–Crippen LogP) is 3.40. The lowest BCUT2D eigenvalue weighted by molar-refractivity contribution is -0.137. The molecule has 1 saturated heterocycles. The van der Waals surface area contributed by atoms with Gasteiger partial charge in [-0.15, -0.1) is 0 Å². The smallest absolute Gasteiger partial charge is 0.251 e. The van der Waals surface area contributed by atoms with Crippen molar-refractivity contribution in [3.8, 4) is 6.07 Å². The number of fused-ring (bicyclic) bond motifs is 1. The number of morpholine rings is 1. The molecular formula is C24H24BrN5O2. The summed E-state index contributed by atoms with van der Waals surface area (Å²) >= 11 is 3.51. The Morgan fingerprint density at radius 1 is 1.31 bits per heavy atom. The normalized spacial score (nSPS) is 18.3. The molecule has 1 aromatic heterocycles. The number of anilines is 2. The number of rotatable bonds is 5. The van der Waals surface area contributed by atoms with Gasteiger partial charge in [0.2, 0.25) is 0 Å². The average molecular weight is 494 g/mol. The van der Waals surface area contributed by atoms with Crippen molar-refractivity contribution in [1.82, 2.24) is 10.3 Å². The maximum atomic E-state index is 12.9. The van der Waals surface area contributed by atoms with Gasteiger partial charge in [-0.1, -0.05) is 22.0 Å². The Morgan fingerprint density at radius 3 is 2.94 bits per heavy atom. The van der Waals surface area contributed by atoms with Gasteiger partial charge in [0, 0.05) is 40.5 Å². The van der Waals surface area contributed by atoms with Crippen LogP contribution in [0.4, 0.5) is 11.4 Å². The summed E-state index contributed by atoms with van der Waals surface area (Å²) in [6.07, 6.45) is 1.58. The molecule has 2 aromatic carbocycles. The van der Waals surface area contributed by atoms with Gasteiger partial charge in [0.05, 0.1) is 23.7 Å². The zero-order valence-electron chi connectivity index (χ0n) is 17.7. The molecule has 0 saturated carbocycles. The molecule has 2 atom stereocenters. The second kappa shape index (κ2) is 9.55. The van der Waals surface area contributed by atoms with Gasteiger partial charge in [-0.3, -0.25) is 9.78 Å². The summed E-state index contributed by atoms with van der Waals surface area (Å²) in [5.74, 6) is -0.150.